The Bertz CT molecular complexity index is 1070. The van der Waals surface area contributed by atoms with Gasteiger partial charge in [0.1, 0.15) is 5.75 Å². The Kier molecular flexibility index (Phi) is 9.53. The van der Waals surface area contributed by atoms with Crippen molar-refractivity contribution in [3.05, 3.63) is 83.5 Å². The number of hydrogen-bond donors (Lipinski definition) is 3. The summed E-state index contributed by atoms with van der Waals surface area (Å²) in [6.45, 7) is 3.88. The summed E-state index contributed by atoms with van der Waals surface area (Å²) >= 11 is 0. The topological polar surface area (TPSA) is 104 Å². The van der Waals surface area contributed by atoms with Gasteiger partial charge in [-0.05, 0) is 36.2 Å². The zero-order valence-corrected chi connectivity index (χ0v) is 20.6. The van der Waals surface area contributed by atoms with Crippen LogP contribution < -0.4 is 72.2 Å². The number of hydrogen-bond acceptors (Lipinski definition) is 6. The van der Waals surface area contributed by atoms with Gasteiger partial charge in [-0.2, -0.15) is 0 Å². The third kappa shape index (κ3) is 6.96. The molecule has 1 amide bonds. The number of aromatic amines is 1. The first kappa shape index (κ1) is 24.1. The summed E-state index contributed by atoms with van der Waals surface area (Å²) in [5, 5.41) is 12.8. The molecule has 1 unspecified atom stereocenters. The summed E-state index contributed by atoms with van der Waals surface area (Å²) < 4.78 is 5.11. The standard InChI is InChI=1S/C21H22N6O2.K/c1-14-9-20(27-26-14)24-8-7-23-15(2)16-5-4-6-18(10-16)25-21(28)17-11-19(29-3)13-22-12-17;/h4-6,8-13,15,23H,1-3H3,(H,24,27)(H,25,28);/q-2;+1. The van der Waals surface area contributed by atoms with Gasteiger partial charge in [-0.1, -0.05) is 24.8 Å². The Morgan fingerprint density at radius 3 is 2.93 bits per heavy atom. The van der Waals surface area contributed by atoms with E-state index in [1.165, 1.54) is 13.3 Å². The Balaban J connectivity index is 0.00000320. The molecule has 0 saturated carbocycles. The number of benzene rings is 1. The van der Waals surface area contributed by atoms with Crippen LogP contribution in [0.25, 0.3) is 0 Å². The second-order valence-electron chi connectivity index (χ2n) is 6.36. The smallest absolute Gasteiger partial charge is 0.560 e. The Morgan fingerprint density at radius 1 is 1.37 bits per heavy atom. The van der Waals surface area contributed by atoms with Crippen LogP contribution in [-0.2, 0) is 0 Å². The molecule has 8 nitrogen and oxygen atoms in total. The van der Waals surface area contributed by atoms with Crippen molar-refractivity contribution in [3.8, 4) is 5.75 Å². The second-order valence-corrected chi connectivity index (χ2v) is 6.36. The molecule has 3 N–H and O–H groups in total. The molecule has 0 radical (unpaired) electrons. The number of pyridine rings is 1. The molecule has 1 aromatic carbocycles. The number of carbonyl (C=O) groups excluding carboxylic acids is 1. The molecular weight excluding hydrogens is 407 g/mol. The van der Waals surface area contributed by atoms with Gasteiger partial charge in [-0.15, -0.1) is 6.20 Å². The molecule has 0 aliphatic heterocycles. The van der Waals surface area contributed by atoms with E-state index >= 15 is 0 Å². The van der Waals surface area contributed by atoms with E-state index in [1.807, 2.05) is 44.2 Å². The number of ether oxygens (including phenoxy) is 1. The molecule has 0 aliphatic carbocycles. The normalized spacial score (nSPS) is 12.3. The number of aromatic nitrogens is 3. The van der Waals surface area contributed by atoms with Crippen LogP contribution in [0.15, 0.2) is 60.0 Å². The van der Waals surface area contributed by atoms with Gasteiger partial charge >= 0.3 is 51.4 Å². The van der Waals surface area contributed by atoms with Crippen LogP contribution in [0, 0.1) is 13.1 Å². The first-order valence-electron chi connectivity index (χ1n) is 9.01. The van der Waals surface area contributed by atoms with Gasteiger partial charge in [0.15, 0.2) is 0 Å². The van der Waals surface area contributed by atoms with Crippen molar-refractivity contribution in [2.24, 2.45) is 4.99 Å². The average Bonchev–Trinajstić information content (AvgIpc) is 3.16. The van der Waals surface area contributed by atoms with Gasteiger partial charge in [0.2, 0.25) is 0 Å². The summed E-state index contributed by atoms with van der Waals surface area (Å²) in [7, 11) is 1.53. The number of carbonyl (C=O) groups is 1. The number of rotatable bonds is 7. The first-order chi connectivity index (χ1) is 14.0. The van der Waals surface area contributed by atoms with Gasteiger partial charge in [-0.3, -0.25) is 20.9 Å². The SMILES string of the molecule is COc1cncc(C(=O)Nc2cccc(C(C)N[C-]=CN=c3[cH-]c(C)n[nH]3)c2)c1.[K+]. The zero-order valence-electron chi connectivity index (χ0n) is 17.4. The van der Waals surface area contributed by atoms with Gasteiger partial charge in [-0.25, -0.2) is 5.10 Å². The third-order valence-electron chi connectivity index (χ3n) is 4.12. The number of H-pyrrole nitrogens is 1. The molecule has 150 valence electrons. The molecule has 30 heavy (non-hydrogen) atoms. The maximum absolute atomic E-state index is 12.5. The van der Waals surface area contributed by atoms with E-state index in [9.17, 15) is 4.79 Å². The van der Waals surface area contributed by atoms with Crippen molar-refractivity contribution in [2.75, 3.05) is 12.4 Å². The monoisotopic (exact) mass is 429 g/mol. The largest absolute Gasteiger partial charge is 1.00 e. The molecule has 3 rings (SSSR count). The molecule has 0 bridgehead atoms. The second kappa shape index (κ2) is 11.9. The number of aryl methyl sites for hydroxylation is 1. The summed E-state index contributed by atoms with van der Waals surface area (Å²) in [6, 6.07) is 11.0. The van der Waals surface area contributed by atoms with Crippen LogP contribution >= 0.6 is 0 Å². The fraction of sp³-hybridized carbons (Fsp3) is 0.190. The summed E-state index contributed by atoms with van der Waals surface area (Å²) in [5.74, 6) is 0.275. The molecule has 0 spiro atoms. The fourth-order valence-electron chi connectivity index (χ4n) is 2.57. The molecule has 9 heteroatoms. The summed E-state index contributed by atoms with van der Waals surface area (Å²) in [6.07, 6.45) is 7.53. The van der Waals surface area contributed by atoms with Gasteiger partial charge in [0.05, 0.1) is 18.9 Å². The predicted octanol–water partition coefficient (Wildman–Crippen LogP) is -0.377. The molecular formula is C21H22KN6O2-. The van der Waals surface area contributed by atoms with E-state index in [-0.39, 0.29) is 63.3 Å². The maximum Gasteiger partial charge on any atom is 1.00 e. The molecule has 2 aromatic heterocycles. The van der Waals surface area contributed by atoms with E-state index in [4.69, 9.17) is 4.74 Å². The van der Waals surface area contributed by atoms with Crippen molar-refractivity contribution in [2.45, 2.75) is 19.9 Å². The molecule has 0 saturated heterocycles. The summed E-state index contributed by atoms with van der Waals surface area (Å²) in [5.41, 5.74) is 3.64. The van der Waals surface area contributed by atoms with Crippen LogP contribution in [0.2, 0.25) is 0 Å². The number of amides is 1. The number of nitrogens with zero attached hydrogens (tertiary/aromatic N) is 3. The first-order valence-corrected chi connectivity index (χ1v) is 9.01. The average molecular weight is 430 g/mol. The minimum Gasteiger partial charge on any atom is -0.560 e. The van der Waals surface area contributed by atoms with Crippen LogP contribution in [-0.4, -0.2) is 28.2 Å². The van der Waals surface area contributed by atoms with Crippen molar-refractivity contribution in [1.82, 2.24) is 20.5 Å². The van der Waals surface area contributed by atoms with Gasteiger partial charge in [0, 0.05) is 17.9 Å². The molecule has 1 atom stereocenters. The van der Waals surface area contributed by atoms with E-state index in [2.05, 4.69) is 37.0 Å². The van der Waals surface area contributed by atoms with Gasteiger partial charge < -0.3 is 26.6 Å². The van der Waals surface area contributed by atoms with Gasteiger partial charge in [0.25, 0.3) is 5.91 Å². The number of anilines is 1. The third-order valence-corrected chi connectivity index (χ3v) is 4.12. The van der Waals surface area contributed by atoms with E-state index in [0.717, 1.165) is 11.3 Å². The maximum atomic E-state index is 12.5. The minimum atomic E-state index is -0.255. The Labute approximate surface area is 217 Å². The molecule has 3 aromatic rings. The van der Waals surface area contributed by atoms with Crippen LogP contribution in [0.1, 0.15) is 34.6 Å². The van der Waals surface area contributed by atoms with Crippen LogP contribution in [0.3, 0.4) is 0 Å². The zero-order chi connectivity index (χ0) is 20.6. The predicted molar refractivity (Wildman–Crippen MR) is 109 cm³/mol. The fourth-order valence-corrected chi connectivity index (χ4v) is 2.57. The van der Waals surface area contributed by atoms with E-state index in [0.29, 0.717) is 22.5 Å². The minimum absolute atomic E-state index is 0. The molecule has 2 heterocycles. The van der Waals surface area contributed by atoms with Crippen molar-refractivity contribution < 1.29 is 60.9 Å². The molecule has 0 aliphatic rings. The Hall–Kier alpha value is -2.17. The van der Waals surface area contributed by atoms with Crippen molar-refractivity contribution in [3.63, 3.8) is 0 Å². The quantitative estimate of drug-likeness (QED) is 0.270. The number of nitrogens with one attached hydrogen (secondary N) is 3. The number of methoxy groups -OCH3 is 1. The van der Waals surface area contributed by atoms with E-state index in [1.54, 1.807) is 18.5 Å². The van der Waals surface area contributed by atoms with Crippen molar-refractivity contribution >= 4 is 11.6 Å². The molecule has 0 fully saturated rings. The van der Waals surface area contributed by atoms with Crippen LogP contribution in [0.5, 0.6) is 5.75 Å². The van der Waals surface area contributed by atoms with Crippen LogP contribution in [0.4, 0.5) is 5.69 Å². The van der Waals surface area contributed by atoms with E-state index < -0.39 is 0 Å². The summed E-state index contributed by atoms with van der Waals surface area (Å²) in [4.78, 5) is 20.7. The van der Waals surface area contributed by atoms with Crippen molar-refractivity contribution in [1.29, 1.82) is 0 Å². The Morgan fingerprint density at radius 2 is 2.20 bits per heavy atom.